The number of nitrogens with two attached hydrogens (primary N) is 1. The molecule has 0 spiro atoms. The highest BCUT2D eigenvalue weighted by molar-refractivity contribution is 5.74. The minimum atomic E-state index is -0.725. The van der Waals surface area contributed by atoms with Gasteiger partial charge in [0.1, 0.15) is 0 Å². The summed E-state index contributed by atoms with van der Waals surface area (Å²) in [5.74, 6) is 5.49. The van der Waals surface area contributed by atoms with Crippen molar-refractivity contribution in [2.75, 3.05) is 19.6 Å². The molecule has 0 aromatic carbocycles. The Morgan fingerprint density at radius 2 is 2.14 bits per heavy atom. The number of hydrogen-bond donors (Lipinski definition) is 2. The third-order valence-electron chi connectivity index (χ3n) is 2.34. The molecule has 2 amide bonds. The monoisotopic (exact) mass is 201 g/mol. The summed E-state index contributed by atoms with van der Waals surface area (Å²) in [5.41, 5.74) is -0.725. The van der Waals surface area contributed by atoms with Gasteiger partial charge in [0.15, 0.2) is 0 Å². The van der Waals surface area contributed by atoms with Crippen LogP contribution < -0.4 is 5.84 Å². The Hall–Kier alpha value is -0.810. The molecule has 1 aliphatic rings. The van der Waals surface area contributed by atoms with Gasteiger partial charge in [-0.15, -0.1) is 0 Å². The van der Waals surface area contributed by atoms with E-state index in [-0.39, 0.29) is 6.03 Å². The van der Waals surface area contributed by atoms with Crippen molar-refractivity contribution in [2.45, 2.75) is 32.3 Å². The molecule has 0 bridgehead atoms. The summed E-state index contributed by atoms with van der Waals surface area (Å²) >= 11 is 0. The second-order valence-electron chi connectivity index (χ2n) is 4.38. The maximum atomic E-state index is 11.5. The van der Waals surface area contributed by atoms with Crippen molar-refractivity contribution in [1.29, 1.82) is 0 Å². The van der Waals surface area contributed by atoms with Crippen molar-refractivity contribution in [3.8, 4) is 0 Å². The van der Waals surface area contributed by atoms with Gasteiger partial charge in [-0.05, 0) is 26.7 Å². The largest absolute Gasteiger partial charge is 0.390 e. The molecule has 1 aliphatic heterocycles. The van der Waals surface area contributed by atoms with Gasteiger partial charge in [0, 0.05) is 19.6 Å². The van der Waals surface area contributed by atoms with Crippen molar-refractivity contribution in [3.63, 3.8) is 0 Å². The van der Waals surface area contributed by atoms with Gasteiger partial charge >= 0.3 is 6.03 Å². The minimum Gasteiger partial charge on any atom is -0.390 e. The molecule has 0 aliphatic carbocycles. The molecule has 5 nitrogen and oxygen atoms in total. The van der Waals surface area contributed by atoms with Gasteiger partial charge in [0.25, 0.3) is 0 Å². The van der Waals surface area contributed by atoms with Gasteiger partial charge in [-0.25, -0.2) is 10.6 Å². The lowest BCUT2D eigenvalue weighted by atomic mass is 10.1. The van der Waals surface area contributed by atoms with Crippen molar-refractivity contribution < 1.29 is 9.90 Å². The second-order valence-corrected chi connectivity index (χ2v) is 4.38. The highest BCUT2D eigenvalue weighted by atomic mass is 16.3. The van der Waals surface area contributed by atoms with Gasteiger partial charge in [-0.3, -0.25) is 5.01 Å². The number of amides is 2. The Bertz CT molecular complexity index is 213. The van der Waals surface area contributed by atoms with Gasteiger partial charge in [-0.1, -0.05) is 0 Å². The number of hydrogen-bond acceptors (Lipinski definition) is 3. The van der Waals surface area contributed by atoms with Crippen molar-refractivity contribution in [2.24, 2.45) is 5.84 Å². The van der Waals surface area contributed by atoms with Crippen molar-refractivity contribution in [1.82, 2.24) is 9.91 Å². The fraction of sp³-hybridized carbons (Fsp3) is 0.889. The molecule has 0 aromatic heterocycles. The third-order valence-corrected chi connectivity index (χ3v) is 2.34. The Labute approximate surface area is 84.4 Å². The number of rotatable bonds is 3. The molecule has 14 heavy (non-hydrogen) atoms. The van der Waals surface area contributed by atoms with Crippen LogP contribution in [0.25, 0.3) is 0 Å². The van der Waals surface area contributed by atoms with Crippen LogP contribution in [0.1, 0.15) is 26.7 Å². The molecule has 0 radical (unpaired) electrons. The van der Waals surface area contributed by atoms with E-state index in [1.165, 1.54) is 5.01 Å². The summed E-state index contributed by atoms with van der Waals surface area (Å²) in [6.07, 6.45) is 1.47. The van der Waals surface area contributed by atoms with E-state index >= 15 is 0 Å². The van der Waals surface area contributed by atoms with E-state index < -0.39 is 5.60 Å². The van der Waals surface area contributed by atoms with E-state index in [4.69, 9.17) is 5.84 Å². The molecule has 5 heteroatoms. The second kappa shape index (κ2) is 4.14. The Balaban J connectivity index is 2.40. The van der Waals surface area contributed by atoms with Crippen LogP contribution in [0.4, 0.5) is 4.79 Å². The van der Waals surface area contributed by atoms with E-state index in [0.29, 0.717) is 19.5 Å². The lowest BCUT2D eigenvalue weighted by Gasteiger charge is -2.34. The number of hydrazine groups is 1. The number of aliphatic hydroxyl groups is 1. The molecule has 0 unspecified atom stereocenters. The Morgan fingerprint density at radius 3 is 2.71 bits per heavy atom. The van der Waals surface area contributed by atoms with Crippen molar-refractivity contribution in [3.05, 3.63) is 0 Å². The third kappa shape index (κ3) is 3.16. The quantitative estimate of drug-likeness (QED) is 0.504. The van der Waals surface area contributed by atoms with Crippen LogP contribution in [-0.2, 0) is 0 Å². The molecular weight excluding hydrogens is 182 g/mol. The zero-order chi connectivity index (χ0) is 10.8. The van der Waals surface area contributed by atoms with Crippen LogP contribution in [0.3, 0.4) is 0 Å². The fourth-order valence-electron chi connectivity index (χ4n) is 1.42. The SMILES string of the molecule is CC(C)(O)CCN1CCCN(N)C1=O. The topological polar surface area (TPSA) is 69.8 Å². The maximum Gasteiger partial charge on any atom is 0.334 e. The van der Waals surface area contributed by atoms with Crippen LogP contribution in [-0.4, -0.2) is 46.3 Å². The lowest BCUT2D eigenvalue weighted by Crippen LogP contribution is -2.53. The van der Waals surface area contributed by atoms with Gasteiger partial charge in [-0.2, -0.15) is 0 Å². The first kappa shape index (κ1) is 11.3. The number of carbonyl (C=O) groups excluding carboxylic acids is 1. The zero-order valence-electron chi connectivity index (χ0n) is 8.86. The van der Waals surface area contributed by atoms with Crippen LogP contribution >= 0.6 is 0 Å². The Kier molecular flexibility index (Phi) is 3.34. The van der Waals surface area contributed by atoms with Gasteiger partial charge < -0.3 is 10.0 Å². The van der Waals surface area contributed by atoms with E-state index in [1.54, 1.807) is 18.7 Å². The average molecular weight is 201 g/mol. The number of carbonyl (C=O) groups is 1. The minimum absolute atomic E-state index is 0.138. The van der Waals surface area contributed by atoms with E-state index in [1.807, 2.05) is 0 Å². The molecule has 1 fully saturated rings. The van der Waals surface area contributed by atoms with Crippen LogP contribution in [0, 0.1) is 0 Å². The van der Waals surface area contributed by atoms with Crippen LogP contribution in [0.15, 0.2) is 0 Å². The molecular formula is C9H19N3O2. The van der Waals surface area contributed by atoms with Gasteiger partial charge in [0.05, 0.1) is 5.60 Å². The summed E-state index contributed by atoms with van der Waals surface area (Å²) in [7, 11) is 0. The molecule has 0 saturated carbocycles. The molecule has 1 saturated heterocycles. The zero-order valence-corrected chi connectivity index (χ0v) is 8.86. The molecule has 1 heterocycles. The summed E-state index contributed by atoms with van der Waals surface area (Å²) < 4.78 is 0. The van der Waals surface area contributed by atoms with E-state index in [2.05, 4.69) is 0 Å². The number of urea groups is 1. The molecule has 3 N–H and O–H groups in total. The first-order chi connectivity index (χ1) is 6.40. The van der Waals surface area contributed by atoms with Crippen LogP contribution in [0.5, 0.6) is 0 Å². The summed E-state index contributed by atoms with van der Waals surface area (Å²) in [4.78, 5) is 13.2. The molecule has 0 aromatic rings. The smallest absolute Gasteiger partial charge is 0.334 e. The Morgan fingerprint density at radius 1 is 1.50 bits per heavy atom. The summed E-state index contributed by atoms with van der Waals surface area (Å²) in [6.45, 7) is 5.40. The molecule has 0 atom stereocenters. The summed E-state index contributed by atoms with van der Waals surface area (Å²) in [6, 6.07) is -0.138. The standard InChI is InChI=1S/C9H19N3O2/c1-9(2,14)4-7-11-5-3-6-12(10)8(11)13/h14H,3-7,10H2,1-2H3. The highest BCUT2D eigenvalue weighted by Crippen LogP contribution is 2.11. The normalized spacial score (nSPS) is 19.0. The molecule has 1 rings (SSSR count). The number of nitrogens with zero attached hydrogens (tertiary/aromatic N) is 2. The van der Waals surface area contributed by atoms with Gasteiger partial charge in [0.2, 0.25) is 0 Å². The highest BCUT2D eigenvalue weighted by Gasteiger charge is 2.24. The summed E-state index contributed by atoms with van der Waals surface area (Å²) in [5, 5.41) is 10.7. The fourth-order valence-corrected chi connectivity index (χ4v) is 1.42. The first-order valence-electron chi connectivity index (χ1n) is 4.94. The van der Waals surface area contributed by atoms with E-state index in [9.17, 15) is 9.90 Å². The lowest BCUT2D eigenvalue weighted by molar-refractivity contribution is 0.0547. The predicted molar refractivity (Wildman–Crippen MR) is 53.4 cm³/mol. The first-order valence-corrected chi connectivity index (χ1v) is 4.94. The van der Waals surface area contributed by atoms with E-state index in [0.717, 1.165) is 13.0 Å². The average Bonchev–Trinajstić information content (AvgIpc) is 2.06. The van der Waals surface area contributed by atoms with Crippen molar-refractivity contribution >= 4 is 6.03 Å². The molecule has 82 valence electrons. The van der Waals surface area contributed by atoms with Crippen LogP contribution in [0.2, 0.25) is 0 Å². The predicted octanol–water partition coefficient (Wildman–Crippen LogP) is 0.149. The maximum absolute atomic E-state index is 11.5.